The van der Waals surface area contributed by atoms with E-state index in [-0.39, 0.29) is 17.3 Å². The minimum atomic E-state index is -0.120. The van der Waals surface area contributed by atoms with Crippen molar-refractivity contribution in [3.63, 3.8) is 0 Å². The van der Waals surface area contributed by atoms with E-state index in [9.17, 15) is 9.59 Å². The summed E-state index contributed by atoms with van der Waals surface area (Å²) in [4.78, 5) is 26.5. The number of hydrogen-bond acceptors (Lipinski definition) is 3. The molecule has 0 spiro atoms. The van der Waals surface area contributed by atoms with Crippen molar-refractivity contribution in [3.05, 3.63) is 55.6 Å². The fourth-order valence-electron chi connectivity index (χ4n) is 2.68. The SMILES string of the molecule is Cc1cc(=O)[nH]c2c1C(=O)CC(c1ccsc1)C2. The quantitative estimate of drug-likeness (QED) is 0.856. The van der Waals surface area contributed by atoms with Gasteiger partial charge in [0.15, 0.2) is 5.78 Å². The Morgan fingerprint density at radius 1 is 1.33 bits per heavy atom. The standard InChI is InChI=1S/C14H13NO2S/c1-8-4-13(17)15-11-5-10(6-12(16)14(8)11)9-2-3-18-7-9/h2-4,7,10H,5-6H2,1H3,(H,15,17). The molecular weight excluding hydrogens is 246 g/mol. The van der Waals surface area contributed by atoms with Gasteiger partial charge in [0.1, 0.15) is 0 Å². The molecule has 1 atom stereocenters. The number of aromatic amines is 1. The number of Topliss-reactive ketones (excluding diaryl/α,β-unsaturated/α-hetero) is 1. The van der Waals surface area contributed by atoms with Crippen LogP contribution in [0.5, 0.6) is 0 Å². The summed E-state index contributed by atoms with van der Waals surface area (Å²) >= 11 is 1.64. The molecule has 92 valence electrons. The summed E-state index contributed by atoms with van der Waals surface area (Å²) in [6.45, 7) is 1.83. The van der Waals surface area contributed by atoms with Crippen LogP contribution in [0.25, 0.3) is 0 Å². The largest absolute Gasteiger partial charge is 0.325 e. The third-order valence-electron chi connectivity index (χ3n) is 3.49. The van der Waals surface area contributed by atoms with Crippen molar-refractivity contribution < 1.29 is 4.79 Å². The molecule has 4 heteroatoms. The van der Waals surface area contributed by atoms with Gasteiger partial charge < -0.3 is 4.98 Å². The normalized spacial score (nSPS) is 18.7. The Morgan fingerprint density at radius 2 is 2.17 bits per heavy atom. The number of hydrogen-bond donors (Lipinski definition) is 1. The summed E-state index contributed by atoms with van der Waals surface area (Å²) in [6, 6.07) is 3.56. The van der Waals surface area contributed by atoms with Gasteiger partial charge in [-0.2, -0.15) is 11.3 Å². The molecule has 1 unspecified atom stereocenters. The van der Waals surface area contributed by atoms with Crippen LogP contribution < -0.4 is 5.56 Å². The van der Waals surface area contributed by atoms with Gasteiger partial charge in [-0.1, -0.05) is 0 Å². The number of thiophene rings is 1. The highest BCUT2D eigenvalue weighted by Crippen LogP contribution is 2.33. The van der Waals surface area contributed by atoms with Gasteiger partial charge in [0.05, 0.1) is 0 Å². The molecule has 0 aromatic carbocycles. The Bertz CT molecular complexity index is 655. The van der Waals surface area contributed by atoms with Crippen molar-refractivity contribution in [2.24, 2.45) is 0 Å². The zero-order valence-electron chi connectivity index (χ0n) is 10.0. The number of aromatic nitrogens is 1. The van der Waals surface area contributed by atoms with Crippen molar-refractivity contribution >= 4 is 17.1 Å². The molecule has 2 aromatic rings. The first-order chi connectivity index (χ1) is 8.65. The maximum absolute atomic E-state index is 12.2. The minimum absolute atomic E-state index is 0.120. The van der Waals surface area contributed by atoms with Crippen molar-refractivity contribution in [2.45, 2.75) is 25.7 Å². The van der Waals surface area contributed by atoms with Gasteiger partial charge in [-0.25, -0.2) is 0 Å². The van der Waals surface area contributed by atoms with E-state index >= 15 is 0 Å². The molecule has 1 aliphatic rings. The fourth-order valence-corrected chi connectivity index (χ4v) is 3.43. The second kappa shape index (κ2) is 4.21. The Labute approximate surface area is 108 Å². The summed E-state index contributed by atoms with van der Waals surface area (Å²) in [5.41, 5.74) is 3.39. The molecule has 2 heterocycles. The molecule has 0 saturated heterocycles. The Balaban J connectivity index is 2.07. The zero-order valence-corrected chi connectivity index (χ0v) is 10.8. The molecule has 0 aliphatic heterocycles. The van der Waals surface area contributed by atoms with Gasteiger partial charge in [-0.15, -0.1) is 0 Å². The van der Waals surface area contributed by atoms with E-state index in [4.69, 9.17) is 0 Å². The number of aryl methyl sites for hydroxylation is 1. The van der Waals surface area contributed by atoms with Crippen LogP contribution in [0.15, 0.2) is 27.7 Å². The van der Waals surface area contributed by atoms with E-state index in [0.717, 1.165) is 23.2 Å². The Kier molecular flexibility index (Phi) is 2.67. The van der Waals surface area contributed by atoms with Crippen molar-refractivity contribution in [3.8, 4) is 0 Å². The molecule has 0 saturated carbocycles. The van der Waals surface area contributed by atoms with Crippen LogP contribution in [0.4, 0.5) is 0 Å². The molecule has 0 fully saturated rings. The number of nitrogens with one attached hydrogen (secondary N) is 1. The maximum atomic E-state index is 12.2. The number of ketones is 1. The summed E-state index contributed by atoms with van der Waals surface area (Å²) < 4.78 is 0. The molecule has 1 N–H and O–H groups in total. The second-order valence-corrected chi connectivity index (χ2v) is 5.54. The van der Waals surface area contributed by atoms with Crippen LogP contribution in [0.2, 0.25) is 0 Å². The number of carbonyl (C=O) groups excluding carboxylic acids is 1. The fraction of sp³-hybridized carbons (Fsp3) is 0.286. The molecular formula is C14H13NO2S. The average Bonchev–Trinajstić information content (AvgIpc) is 2.80. The number of pyridine rings is 1. The maximum Gasteiger partial charge on any atom is 0.248 e. The van der Waals surface area contributed by atoms with E-state index in [1.165, 1.54) is 11.6 Å². The van der Waals surface area contributed by atoms with Gasteiger partial charge in [0.25, 0.3) is 0 Å². The predicted molar refractivity (Wildman–Crippen MR) is 71.5 cm³/mol. The highest BCUT2D eigenvalue weighted by molar-refractivity contribution is 7.08. The molecule has 0 bridgehead atoms. The van der Waals surface area contributed by atoms with Crippen molar-refractivity contribution in [1.82, 2.24) is 4.98 Å². The molecule has 0 amide bonds. The highest BCUT2D eigenvalue weighted by atomic mass is 32.1. The van der Waals surface area contributed by atoms with E-state index in [0.29, 0.717) is 6.42 Å². The van der Waals surface area contributed by atoms with Crippen LogP contribution in [0.1, 0.15) is 39.5 Å². The lowest BCUT2D eigenvalue weighted by Gasteiger charge is -2.23. The minimum Gasteiger partial charge on any atom is -0.325 e. The third kappa shape index (κ3) is 1.82. The zero-order chi connectivity index (χ0) is 12.7. The molecule has 2 aromatic heterocycles. The molecule has 0 radical (unpaired) electrons. The highest BCUT2D eigenvalue weighted by Gasteiger charge is 2.28. The predicted octanol–water partition coefficient (Wildman–Crippen LogP) is 2.66. The van der Waals surface area contributed by atoms with E-state index < -0.39 is 0 Å². The lowest BCUT2D eigenvalue weighted by Crippen LogP contribution is -2.24. The third-order valence-corrected chi connectivity index (χ3v) is 4.20. The topological polar surface area (TPSA) is 49.9 Å². The Hall–Kier alpha value is -1.68. The van der Waals surface area contributed by atoms with E-state index in [1.807, 2.05) is 12.3 Å². The van der Waals surface area contributed by atoms with Crippen LogP contribution >= 0.6 is 11.3 Å². The summed E-state index contributed by atoms with van der Waals surface area (Å²) in [6.07, 6.45) is 1.28. The van der Waals surface area contributed by atoms with Crippen LogP contribution in [-0.4, -0.2) is 10.8 Å². The summed E-state index contributed by atoms with van der Waals surface area (Å²) in [5.74, 6) is 0.342. The monoisotopic (exact) mass is 259 g/mol. The first-order valence-electron chi connectivity index (χ1n) is 5.93. The molecule has 3 nitrogen and oxygen atoms in total. The Morgan fingerprint density at radius 3 is 2.89 bits per heavy atom. The number of fused-ring (bicyclic) bond motifs is 1. The summed E-state index contributed by atoms with van der Waals surface area (Å²) in [5, 5.41) is 4.10. The van der Waals surface area contributed by atoms with Crippen molar-refractivity contribution in [1.29, 1.82) is 0 Å². The lowest BCUT2D eigenvalue weighted by molar-refractivity contribution is 0.0962. The smallest absolute Gasteiger partial charge is 0.248 e. The van der Waals surface area contributed by atoms with Crippen molar-refractivity contribution in [2.75, 3.05) is 0 Å². The average molecular weight is 259 g/mol. The van der Waals surface area contributed by atoms with Crippen LogP contribution in [0, 0.1) is 6.92 Å². The first-order valence-corrected chi connectivity index (χ1v) is 6.87. The number of H-pyrrole nitrogens is 1. The van der Waals surface area contributed by atoms with Gasteiger partial charge in [0.2, 0.25) is 5.56 Å². The molecule has 18 heavy (non-hydrogen) atoms. The van der Waals surface area contributed by atoms with Crippen LogP contribution in [0.3, 0.4) is 0 Å². The first kappa shape index (κ1) is 11.4. The molecule has 3 rings (SSSR count). The van der Waals surface area contributed by atoms with E-state index in [2.05, 4.69) is 16.4 Å². The van der Waals surface area contributed by atoms with Gasteiger partial charge in [-0.05, 0) is 47.2 Å². The summed E-state index contributed by atoms with van der Waals surface area (Å²) in [7, 11) is 0. The number of rotatable bonds is 1. The van der Waals surface area contributed by atoms with Gasteiger partial charge >= 0.3 is 0 Å². The second-order valence-electron chi connectivity index (χ2n) is 4.76. The molecule has 1 aliphatic carbocycles. The number of carbonyl (C=O) groups is 1. The lowest BCUT2D eigenvalue weighted by atomic mass is 9.81. The van der Waals surface area contributed by atoms with Crippen LogP contribution in [-0.2, 0) is 6.42 Å². The van der Waals surface area contributed by atoms with E-state index in [1.54, 1.807) is 11.3 Å². The van der Waals surface area contributed by atoms with Gasteiger partial charge in [-0.3, -0.25) is 9.59 Å². The van der Waals surface area contributed by atoms with Gasteiger partial charge in [0, 0.05) is 23.7 Å².